The number of Topliss-reactive ketones (excluding diaryl/α,β-unsaturated/α-hetero) is 2. The van der Waals surface area contributed by atoms with Crippen molar-refractivity contribution < 1.29 is 52.4 Å². The van der Waals surface area contributed by atoms with Crippen molar-refractivity contribution in [3.63, 3.8) is 0 Å². The smallest absolute Gasteiger partial charge is 0.351 e. The number of carbonyl (C=O) groups is 4. The summed E-state index contributed by atoms with van der Waals surface area (Å²) in [4.78, 5) is 65.4. The molecule has 4 fully saturated rings. The van der Waals surface area contributed by atoms with E-state index < -0.39 is 88.4 Å². The van der Waals surface area contributed by atoms with E-state index in [9.17, 15) is 19.5 Å². The molecule has 0 spiro atoms. The van der Waals surface area contributed by atoms with Crippen LogP contribution in [-0.2, 0) is 42.9 Å². The summed E-state index contributed by atoms with van der Waals surface area (Å²) >= 11 is 0. The number of pyridine rings is 1. The highest BCUT2D eigenvalue weighted by atomic mass is 19.1. The summed E-state index contributed by atoms with van der Waals surface area (Å²) in [5, 5.41) is 12.6. The number of hydrogen-bond acceptors (Lipinski definition) is 13. The van der Waals surface area contributed by atoms with Gasteiger partial charge in [-0.15, -0.1) is 0 Å². The van der Waals surface area contributed by atoms with Gasteiger partial charge in [-0.25, -0.2) is 9.18 Å². The van der Waals surface area contributed by atoms with Crippen LogP contribution >= 0.6 is 0 Å². The van der Waals surface area contributed by atoms with Gasteiger partial charge in [-0.1, -0.05) is 58.0 Å². The molecule has 0 aliphatic carbocycles. The number of aromatic nitrogens is 1. The molecule has 6 rings (SSSR count). The fourth-order valence-corrected chi connectivity index (χ4v) is 10.6. The molecule has 4 aliphatic rings. The minimum atomic E-state index is -3.19. The number of likely N-dealkylation sites (tertiary alicyclic amines) is 1. The van der Waals surface area contributed by atoms with Crippen LogP contribution in [-0.4, -0.2) is 137 Å². The lowest BCUT2D eigenvalue weighted by molar-refractivity contribution is -0.297. The number of ether oxygens (including phenoxy) is 5. The molecule has 4 aliphatic heterocycles. The SMILES string of the molecule is CC[C@@H]1OC(=O)[C@@](C)(F)C(=O)[C@H](C)[C@@H](O[C@@H]2O[C@H](C)C[C@H](N(C)C)[C@H]2O)[C@@](C)(OC/C=C/c2cnc3ccccc3c2)C[C@@H](C)C(=O)C2(C)CN(C)C3C(=O)O[C@@]1(C)C32. The Balaban J connectivity index is 1.45. The molecule has 3 unspecified atom stereocenters. The van der Waals surface area contributed by atoms with Crippen LogP contribution in [0.5, 0.6) is 0 Å². The van der Waals surface area contributed by atoms with Gasteiger partial charge in [0.15, 0.2) is 17.7 Å². The first-order valence-electron chi connectivity index (χ1n) is 20.8. The van der Waals surface area contributed by atoms with Gasteiger partial charge in [0.1, 0.15) is 24.0 Å². The van der Waals surface area contributed by atoms with Crippen molar-refractivity contribution in [2.75, 3.05) is 34.3 Å². The minimum Gasteiger partial charge on any atom is -0.455 e. The van der Waals surface area contributed by atoms with Crippen LogP contribution in [0.3, 0.4) is 0 Å². The van der Waals surface area contributed by atoms with E-state index in [1.165, 1.54) is 6.92 Å². The van der Waals surface area contributed by atoms with Gasteiger partial charge in [0.05, 0.1) is 29.9 Å². The van der Waals surface area contributed by atoms with Gasteiger partial charge in [0.25, 0.3) is 5.67 Å². The third kappa shape index (κ3) is 8.13. The highest BCUT2D eigenvalue weighted by Crippen LogP contribution is 2.55. The van der Waals surface area contributed by atoms with Gasteiger partial charge in [0.2, 0.25) is 0 Å². The van der Waals surface area contributed by atoms with Crippen molar-refractivity contribution in [1.29, 1.82) is 0 Å². The molecule has 2 aromatic rings. The van der Waals surface area contributed by atoms with Crippen molar-refractivity contribution in [2.45, 2.75) is 134 Å². The molecule has 13 nitrogen and oxygen atoms in total. The molecular weight excluding hydrogens is 762 g/mol. The molecule has 14 heteroatoms. The summed E-state index contributed by atoms with van der Waals surface area (Å²) in [5.74, 6) is -6.31. The van der Waals surface area contributed by atoms with E-state index in [0.717, 1.165) is 23.4 Å². The fourth-order valence-electron chi connectivity index (χ4n) is 10.6. The monoisotopic (exact) mass is 823 g/mol. The summed E-state index contributed by atoms with van der Waals surface area (Å²) in [6.45, 7) is 13.0. The number of fused-ring (bicyclic) bond motifs is 1. The normalized spacial score (nSPS) is 41.3. The van der Waals surface area contributed by atoms with Gasteiger partial charge in [-0.2, -0.15) is 0 Å². The van der Waals surface area contributed by atoms with E-state index in [1.807, 2.05) is 62.3 Å². The van der Waals surface area contributed by atoms with Crippen LogP contribution in [0.15, 0.2) is 42.6 Å². The Labute approximate surface area is 346 Å². The van der Waals surface area contributed by atoms with E-state index in [-0.39, 0.29) is 43.9 Å². The number of hydrogen-bond donors (Lipinski definition) is 1. The predicted molar refractivity (Wildman–Crippen MR) is 218 cm³/mol. The second-order valence-electron chi connectivity index (χ2n) is 18.4. The van der Waals surface area contributed by atoms with E-state index in [2.05, 4.69) is 4.98 Å². The van der Waals surface area contributed by atoms with E-state index in [1.54, 1.807) is 58.8 Å². The summed E-state index contributed by atoms with van der Waals surface area (Å²) in [6.07, 6.45) is 0.563. The number of para-hydroxylation sites is 1. The Hall–Kier alpha value is -3.66. The number of ketones is 2. The lowest BCUT2D eigenvalue weighted by Gasteiger charge is -2.48. The second-order valence-corrected chi connectivity index (χ2v) is 18.4. The molecule has 1 aromatic carbocycles. The average molecular weight is 824 g/mol. The van der Waals surface area contributed by atoms with Gasteiger partial charge in [-0.05, 0) is 85.8 Å². The Morgan fingerprint density at radius 3 is 2.44 bits per heavy atom. The lowest BCUT2D eigenvalue weighted by Crippen LogP contribution is -2.61. The molecule has 1 N–H and O–H groups in total. The van der Waals surface area contributed by atoms with E-state index in [4.69, 9.17) is 23.7 Å². The van der Waals surface area contributed by atoms with Crippen molar-refractivity contribution in [3.05, 3.63) is 48.2 Å². The topological polar surface area (TPSA) is 154 Å². The number of halogens is 1. The Morgan fingerprint density at radius 2 is 1.76 bits per heavy atom. The van der Waals surface area contributed by atoms with Crippen molar-refractivity contribution in [2.24, 2.45) is 23.2 Å². The van der Waals surface area contributed by atoms with Gasteiger partial charge >= 0.3 is 11.9 Å². The highest BCUT2D eigenvalue weighted by Gasteiger charge is 2.71. The molecule has 1 aromatic heterocycles. The average Bonchev–Trinajstić information content (AvgIpc) is 3.64. The molecule has 0 bridgehead atoms. The number of aliphatic hydroxyl groups excluding tert-OH is 1. The van der Waals surface area contributed by atoms with E-state index in [0.29, 0.717) is 6.42 Å². The number of likely N-dealkylation sites (N-methyl/N-ethyl adjacent to an activating group) is 2. The minimum absolute atomic E-state index is 0.0260. The summed E-state index contributed by atoms with van der Waals surface area (Å²) < 4.78 is 48.6. The zero-order valence-electron chi connectivity index (χ0n) is 36.3. The standard InChI is InChI=1S/C45H62FN3O10/c1-12-32-45(8)35-33(39(53)59-45)49(11)24-42(35,5)36(51)25(2)22-43(6,55-19-15-16-28-21-29-17-13-14-18-30(29)47-23-28)38(27(4)37(52)44(7,46)41(54)57-32)58-40-34(50)31(48(9)10)20-26(3)56-40/h13-18,21,23,25-27,31-35,38,40,50H,12,19-20,22,24H2,1-11H3/b16-15+/t25-,26-,27+,31+,32+,33?,34-,35?,38-,40+,42?,43+,44+,45-/m1/s1. The van der Waals surface area contributed by atoms with Crippen molar-refractivity contribution in [1.82, 2.24) is 14.8 Å². The lowest BCUT2D eigenvalue weighted by atomic mass is 9.62. The van der Waals surface area contributed by atoms with Gasteiger partial charge < -0.3 is 33.7 Å². The Bertz CT molecular complexity index is 1960. The zero-order valence-corrected chi connectivity index (χ0v) is 36.3. The van der Waals surface area contributed by atoms with Crippen molar-refractivity contribution in [3.8, 4) is 0 Å². The Kier molecular flexibility index (Phi) is 12.7. The molecule has 4 saturated heterocycles. The maximum atomic E-state index is 17.1. The second kappa shape index (κ2) is 16.7. The fraction of sp³-hybridized carbons (Fsp3) is 0.667. The molecular formula is C45H62FN3O10. The largest absolute Gasteiger partial charge is 0.455 e. The van der Waals surface area contributed by atoms with Crippen LogP contribution < -0.4 is 0 Å². The number of esters is 2. The van der Waals surface area contributed by atoms with E-state index >= 15 is 9.18 Å². The summed E-state index contributed by atoms with van der Waals surface area (Å²) in [7, 11) is 5.41. The first-order chi connectivity index (χ1) is 27.6. The maximum Gasteiger partial charge on any atom is 0.351 e. The predicted octanol–water partition coefficient (Wildman–Crippen LogP) is 4.95. The molecule has 14 atom stereocenters. The highest BCUT2D eigenvalue weighted by molar-refractivity contribution is 6.08. The molecule has 0 amide bonds. The van der Waals surface area contributed by atoms with Crippen molar-refractivity contribution >= 4 is 40.5 Å². The van der Waals surface area contributed by atoms with Crippen LogP contribution in [0.4, 0.5) is 4.39 Å². The quantitative estimate of drug-likeness (QED) is 0.283. The third-order valence-electron chi connectivity index (χ3n) is 13.5. The molecule has 59 heavy (non-hydrogen) atoms. The van der Waals surface area contributed by atoms with Crippen LogP contribution in [0.1, 0.15) is 80.2 Å². The zero-order chi connectivity index (χ0) is 43.4. The first-order valence-corrected chi connectivity index (χ1v) is 20.8. The Morgan fingerprint density at radius 1 is 1.07 bits per heavy atom. The van der Waals surface area contributed by atoms with Gasteiger partial charge in [0, 0.05) is 47.3 Å². The number of carbonyl (C=O) groups excluding carboxylic acids is 4. The summed E-state index contributed by atoms with van der Waals surface area (Å²) in [6, 6.07) is 8.51. The third-order valence-corrected chi connectivity index (χ3v) is 13.5. The number of aliphatic hydroxyl groups is 1. The molecule has 5 heterocycles. The maximum absolute atomic E-state index is 17.1. The van der Waals surface area contributed by atoms with Crippen LogP contribution in [0, 0.1) is 23.2 Å². The number of alkyl halides is 1. The van der Waals surface area contributed by atoms with Crippen LogP contribution in [0.2, 0.25) is 0 Å². The molecule has 0 saturated carbocycles. The summed E-state index contributed by atoms with van der Waals surface area (Å²) in [5.41, 5.74) is -5.79. The molecule has 324 valence electrons. The van der Waals surface area contributed by atoms with Crippen LogP contribution in [0.25, 0.3) is 17.0 Å². The number of nitrogens with zero attached hydrogens (tertiary/aromatic N) is 3. The number of benzene rings is 1. The number of rotatable bonds is 8. The van der Waals surface area contributed by atoms with Gasteiger partial charge in [-0.3, -0.25) is 24.3 Å². The molecule has 0 radical (unpaired) electrons. The number of cyclic esters (lactones) is 1. The first kappa shape index (κ1) is 44.9.